The van der Waals surface area contributed by atoms with E-state index in [1.807, 2.05) is 12.2 Å². The first kappa shape index (κ1) is 10.4. The lowest BCUT2D eigenvalue weighted by Crippen LogP contribution is -1.75. The van der Waals surface area contributed by atoms with Gasteiger partial charge in [0.05, 0.1) is 0 Å². The quantitative estimate of drug-likeness (QED) is 0.298. The summed E-state index contributed by atoms with van der Waals surface area (Å²) in [5.74, 6) is 0. The summed E-state index contributed by atoms with van der Waals surface area (Å²) in [6.45, 7) is 2.59. The first-order valence-corrected chi connectivity index (χ1v) is 4.57. The molecule has 3 heteroatoms. The summed E-state index contributed by atoms with van der Waals surface area (Å²) < 4.78 is 0. The first-order valence-electron chi connectivity index (χ1n) is 4.57. The Morgan fingerprint density at radius 2 is 2.07 bits per heavy atom. The zero-order valence-corrected chi connectivity index (χ0v) is 8.22. The van der Waals surface area contributed by atoms with Gasteiger partial charge in [0.25, 0.3) is 0 Å². The molecule has 0 amide bonds. The Hall–Kier alpha value is -1.73. The molecule has 0 unspecified atom stereocenters. The molecular weight excluding hydrogens is 174 g/mol. The second-order valence-electron chi connectivity index (χ2n) is 3.06. The molecule has 1 aromatic carbocycles. The minimum Gasteiger partial charge on any atom is -0.0937 e. The van der Waals surface area contributed by atoms with Gasteiger partial charge in [0.2, 0.25) is 0 Å². The highest BCUT2D eigenvalue weighted by atomic mass is 15.1. The monoisotopic (exact) mass is 187 g/mol. The number of nitrogens with zero attached hydrogens (tertiary/aromatic N) is 3. The van der Waals surface area contributed by atoms with Gasteiger partial charge < -0.3 is 0 Å². The van der Waals surface area contributed by atoms with Gasteiger partial charge in [0, 0.05) is 11.5 Å². The van der Waals surface area contributed by atoms with Crippen molar-refractivity contribution in [3.63, 3.8) is 0 Å². The molecule has 3 nitrogen and oxygen atoms in total. The smallest absolute Gasteiger partial charge is 0.0292 e. The van der Waals surface area contributed by atoms with Crippen LogP contribution in [0.4, 0.5) is 0 Å². The summed E-state index contributed by atoms with van der Waals surface area (Å²) in [4.78, 5) is 2.68. The molecule has 0 saturated carbocycles. The molecule has 0 aliphatic heterocycles. The van der Waals surface area contributed by atoms with Gasteiger partial charge in [-0.1, -0.05) is 47.1 Å². The van der Waals surface area contributed by atoms with Crippen molar-refractivity contribution in [3.05, 3.63) is 51.9 Å². The van der Waals surface area contributed by atoms with Crippen LogP contribution in [-0.4, -0.2) is 6.54 Å². The fourth-order valence-electron chi connectivity index (χ4n) is 1.07. The number of aryl methyl sites for hydroxylation is 1. The Labute approximate surface area is 83.7 Å². The minimum absolute atomic E-state index is 0.527. The van der Waals surface area contributed by atoms with Gasteiger partial charge in [-0.25, -0.2) is 0 Å². The molecule has 0 saturated heterocycles. The van der Waals surface area contributed by atoms with Gasteiger partial charge in [-0.3, -0.25) is 0 Å². The highest BCUT2D eigenvalue weighted by molar-refractivity contribution is 5.49. The lowest BCUT2D eigenvalue weighted by atomic mass is 10.1. The normalized spacial score (nSPS) is 10.1. The Balaban J connectivity index is 2.43. The lowest BCUT2D eigenvalue weighted by molar-refractivity contribution is 0.996. The lowest BCUT2D eigenvalue weighted by Gasteiger charge is -1.93. The predicted octanol–water partition coefficient (Wildman–Crippen LogP) is 3.71. The van der Waals surface area contributed by atoms with Crippen molar-refractivity contribution in [1.29, 1.82) is 0 Å². The second kappa shape index (κ2) is 5.84. The molecule has 0 spiro atoms. The molecule has 0 radical (unpaired) electrons. The molecule has 0 aliphatic rings. The van der Waals surface area contributed by atoms with Crippen LogP contribution >= 0.6 is 0 Å². The van der Waals surface area contributed by atoms with Gasteiger partial charge in [-0.05, 0) is 24.4 Å². The van der Waals surface area contributed by atoms with Crippen LogP contribution in [0.3, 0.4) is 0 Å². The Kier molecular flexibility index (Phi) is 4.32. The topological polar surface area (TPSA) is 48.8 Å². The highest BCUT2D eigenvalue weighted by Crippen LogP contribution is 2.05. The van der Waals surface area contributed by atoms with Crippen molar-refractivity contribution in [3.8, 4) is 0 Å². The maximum absolute atomic E-state index is 8.05. The van der Waals surface area contributed by atoms with Crippen LogP contribution in [0.15, 0.2) is 35.5 Å². The second-order valence-corrected chi connectivity index (χ2v) is 3.06. The van der Waals surface area contributed by atoms with Crippen molar-refractivity contribution < 1.29 is 0 Å². The standard InChI is InChI=1S/C11H13N3/c1-10-5-7-11(8-6-10)4-2-3-9-13-14-12/h2,4-8H,3,9H2,1H3. The third-order valence-electron chi connectivity index (χ3n) is 1.85. The average Bonchev–Trinajstić information content (AvgIpc) is 2.21. The maximum atomic E-state index is 8.05. The number of azide groups is 1. The molecule has 0 heterocycles. The number of hydrogen-bond donors (Lipinski definition) is 0. The summed E-state index contributed by atoms with van der Waals surface area (Å²) in [6, 6.07) is 8.29. The van der Waals surface area contributed by atoms with E-state index in [1.165, 1.54) is 11.1 Å². The van der Waals surface area contributed by atoms with Crippen molar-refractivity contribution in [2.75, 3.05) is 6.54 Å². The Morgan fingerprint density at radius 3 is 2.71 bits per heavy atom. The van der Waals surface area contributed by atoms with Crippen LogP contribution in [0.25, 0.3) is 16.5 Å². The summed E-state index contributed by atoms with van der Waals surface area (Å²) in [6.07, 6.45) is 4.84. The van der Waals surface area contributed by atoms with Crippen LogP contribution in [-0.2, 0) is 0 Å². The van der Waals surface area contributed by atoms with Crippen molar-refractivity contribution in [1.82, 2.24) is 0 Å². The van der Waals surface area contributed by atoms with Crippen molar-refractivity contribution in [2.45, 2.75) is 13.3 Å². The van der Waals surface area contributed by atoms with Gasteiger partial charge in [-0.2, -0.15) is 0 Å². The van der Waals surface area contributed by atoms with Crippen molar-refractivity contribution in [2.24, 2.45) is 5.11 Å². The molecule has 0 N–H and O–H groups in total. The van der Waals surface area contributed by atoms with E-state index in [2.05, 4.69) is 41.2 Å². The van der Waals surface area contributed by atoms with Crippen LogP contribution in [0.1, 0.15) is 17.5 Å². The molecule has 0 aromatic heterocycles. The summed E-state index contributed by atoms with van der Waals surface area (Å²) in [5.41, 5.74) is 10.5. The van der Waals surface area contributed by atoms with E-state index in [0.29, 0.717) is 6.54 Å². The van der Waals surface area contributed by atoms with E-state index in [1.54, 1.807) is 0 Å². The van der Waals surface area contributed by atoms with Gasteiger partial charge in [-0.15, -0.1) is 0 Å². The van der Waals surface area contributed by atoms with Crippen LogP contribution < -0.4 is 0 Å². The molecule has 14 heavy (non-hydrogen) atoms. The molecule has 72 valence electrons. The van der Waals surface area contributed by atoms with E-state index in [-0.39, 0.29) is 0 Å². The molecule has 1 rings (SSSR count). The number of benzene rings is 1. The first-order chi connectivity index (χ1) is 6.83. The van der Waals surface area contributed by atoms with Gasteiger partial charge >= 0.3 is 0 Å². The zero-order chi connectivity index (χ0) is 10.2. The molecule has 0 fully saturated rings. The predicted molar refractivity (Wildman–Crippen MR) is 58.8 cm³/mol. The van der Waals surface area contributed by atoms with Crippen LogP contribution in [0.5, 0.6) is 0 Å². The van der Waals surface area contributed by atoms with Crippen LogP contribution in [0.2, 0.25) is 0 Å². The molecule has 0 aliphatic carbocycles. The highest BCUT2D eigenvalue weighted by Gasteiger charge is 1.85. The van der Waals surface area contributed by atoms with E-state index in [4.69, 9.17) is 5.53 Å². The van der Waals surface area contributed by atoms with E-state index in [9.17, 15) is 0 Å². The fourth-order valence-corrected chi connectivity index (χ4v) is 1.07. The van der Waals surface area contributed by atoms with E-state index < -0.39 is 0 Å². The zero-order valence-electron chi connectivity index (χ0n) is 8.22. The number of rotatable bonds is 4. The SMILES string of the molecule is Cc1ccc(C=CCCN=[N+]=[N-])cc1. The summed E-state index contributed by atoms with van der Waals surface area (Å²) >= 11 is 0. The van der Waals surface area contributed by atoms with Gasteiger partial charge in [0.15, 0.2) is 0 Å². The molecule has 0 bridgehead atoms. The largest absolute Gasteiger partial charge is 0.0937 e. The molecule has 0 atom stereocenters. The fraction of sp³-hybridized carbons (Fsp3) is 0.273. The van der Waals surface area contributed by atoms with Gasteiger partial charge in [0.1, 0.15) is 0 Å². The third kappa shape index (κ3) is 3.78. The Bertz CT molecular complexity index is 345. The van der Waals surface area contributed by atoms with E-state index >= 15 is 0 Å². The van der Waals surface area contributed by atoms with Crippen molar-refractivity contribution >= 4 is 6.08 Å². The summed E-state index contributed by atoms with van der Waals surface area (Å²) in [7, 11) is 0. The summed E-state index contributed by atoms with van der Waals surface area (Å²) in [5, 5.41) is 3.45. The minimum atomic E-state index is 0.527. The maximum Gasteiger partial charge on any atom is 0.0292 e. The third-order valence-corrected chi connectivity index (χ3v) is 1.85. The molecule has 1 aromatic rings. The average molecular weight is 187 g/mol. The van der Waals surface area contributed by atoms with E-state index in [0.717, 1.165) is 6.42 Å². The van der Waals surface area contributed by atoms with Crippen LogP contribution in [0, 0.1) is 6.92 Å². The molecular formula is C11H13N3. The number of hydrogen-bond acceptors (Lipinski definition) is 1. The Morgan fingerprint density at radius 1 is 1.36 bits per heavy atom.